The molecule has 0 aromatic heterocycles. The van der Waals surface area contributed by atoms with Gasteiger partial charge >= 0.3 is 6.09 Å². The molecule has 0 fully saturated rings. The second-order valence-corrected chi connectivity index (χ2v) is 11.0. The number of aliphatic imine (C=N–C) groups is 1. The number of amidine groups is 1. The van der Waals surface area contributed by atoms with Crippen molar-refractivity contribution in [2.45, 2.75) is 44.1 Å². The SMILES string of the molecule is CC(C)(C)OC(=O)NC1=NC(c2ccc(F)cc2F)CS(=O)(=O)[C@@]1(C)c1cccc(O)c1. The van der Waals surface area contributed by atoms with Crippen molar-refractivity contribution in [3.05, 3.63) is 65.2 Å². The van der Waals surface area contributed by atoms with Crippen LogP contribution in [0.15, 0.2) is 47.5 Å². The molecule has 1 aliphatic heterocycles. The standard InChI is InChI=1S/C22H24F2N2O5S/c1-21(2,3)31-20(28)26-19-22(4,13-6-5-7-15(27)10-13)32(29,30)12-18(25-19)16-9-8-14(23)11-17(16)24/h5-11,18,27H,12H2,1-4H3,(H,25,26,28)/t18?,22-/m0/s1. The Hall–Kier alpha value is -3.01. The number of rotatable bonds is 2. The fraction of sp³-hybridized carbons (Fsp3) is 0.364. The Morgan fingerprint density at radius 3 is 2.50 bits per heavy atom. The minimum absolute atomic E-state index is 0.128. The number of sulfone groups is 1. The first kappa shape index (κ1) is 23.6. The van der Waals surface area contributed by atoms with Crippen LogP contribution in [0.3, 0.4) is 0 Å². The molecule has 1 heterocycles. The van der Waals surface area contributed by atoms with Gasteiger partial charge < -0.3 is 9.84 Å². The highest BCUT2D eigenvalue weighted by Crippen LogP contribution is 2.41. The van der Waals surface area contributed by atoms with Gasteiger partial charge in [-0.05, 0) is 51.5 Å². The maximum absolute atomic E-state index is 14.4. The van der Waals surface area contributed by atoms with E-state index < -0.39 is 49.7 Å². The van der Waals surface area contributed by atoms with Crippen molar-refractivity contribution in [2.75, 3.05) is 5.75 Å². The number of phenolic OH excluding ortho intramolecular Hbond substituents is 1. The number of amides is 1. The average Bonchev–Trinajstić information content (AvgIpc) is 2.63. The van der Waals surface area contributed by atoms with Crippen LogP contribution >= 0.6 is 0 Å². The van der Waals surface area contributed by atoms with Crippen molar-refractivity contribution >= 4 is 21.8 Å². The highest BCUT2D eigenvalue weighted by atomic mass is 32.2. The molecule has 2 aromatic carbocycles. The summed E-state index contributed by atoms with van der Waals surface area (Å²) in [6.07, 6.45) is -0.946. The Kier molecular flexibility index (Phi) is 6.03. The third-order valence-corrected chi connectivity index (χ3v) is 7.50. The molecule has 1 unspecified atom stereocenters. The number of alkyl carbamates (subject to hydrolysis) is 1. The minimum Gasteiger partial charge on any atom is -0.508 e. The van der Waals surface area contributed by atoms with Crippen LogP contribution in [0.25, 0.3) is 0 Å². The number of hydrogen-bond donors (Lipinski definition) is 2. The number of aromatic hydroxyl groups is 1. The molecule has 10 heteroatoms. The molecule has 2 aromatic rings. The van der Waals surface area contributed by atoms with E-state index in [1.807, 2.05) is 0 Å². The fourth-order valence-electron chi connectivity index (χ4n) is 3.44. The lowest BCUT2D eigenvalue weighted by atomic mass is 9.97. The Morgan fingerprint density at radius 2 is 1.91 bits per heavy atom. The first-order valence-corrected chi connectivity index (χ1v) is 11.4. The van der Waals surface area contributed by atoms with Crippen molar-refractivity contribution < 1.29 is 31.8 Å². The third-order valence-electron chi connectivity index (χ3n) is 5.07. The number of halogens is 2. The maximum atomic E-state index is 14.4. The van der Waals surface area contributed by atoms with Crippen molar-refractivity contribution in [3.63, 3.8) is 0 Å². The van der Waals surface area contributed by atoms with E-state index in [1.165, 1.54) is 31.2 Å². The molecule has 2 N–H and O–H groups in total. The van der Waals surface area contributed by atoms with E-state index in [1.54, 1.807) is 20.8 Å². The normalized spacial score (nSPS) is 22.7. The van der Waals surface area contributed by atoms with E-state index >= 15 is 0 Å². The van der Waals surface area contributed by atoms with Gasteiger partial charge in [0.05, 0.1) is 11.8 Å². The highest BCUT2D eigenvalue weighted by Gasteiger charge is 2.51. The van der Waals surface area contributed by atoms with Gasteiger partial charge in [-0.2, -0.15) is 0 Å². The first-order chi connectivity index (χ1) is 14.7. The predicted molar refractivity (Wildman–Crippen MR) is 115 cm³/mol. The second-order valence-electron chi connectivity index (χ2n) is 8.65. The quantitative estimate of drug-likeness (QED) is 0.697. The molecule has 0 radical (unpaired) electrons. The number of phenols is 1. The molecule has 2 atom stereocenters. The van der Waals surface area contributed by atoms with Gasteiger partial charge in [0.15, 0.2) is 14.6 Å². The van der Waals surface area contributed by atoms with Crippen LogP contribution in [0.2, 0.25) is 0 Å². The van der Waals surface area contributed by atoms with Crippen LogP contribution in [0.1, 0.15) is 44.9 Å². The van der Waals surface area contributed by atoms with E-state index in [-0.39, 0.29) is 22.7 Å². The van der Waals surface area contributed by atoms with E-state index in [9.17, 15) is 27.1 Å². The zero-order chi connectivity index (χ0) is 23.9. The largest absolute Gasteiger partial charge is 0.508 e. The molecular formula is C22H24F2N2O5S. The second kappa shape index (κ2) is 8.16. The van der Waals surface area contributed by atoms with Gasteiger partial charge in [0.25, 0.3) is 0 Å². The molecule has 0 saturated carbocycles. The van der Waals surface area contributed by atoms with Crippen LogP contribution < -0.4 is 5.32 Å². The van der Waals surface area contributed by atoms with E-state index in [0.717, 1.165) is 12.1 Å². The zero-order valence-electron chi connectivity index (χ0n) is 18.0. The van der Waals surface area contributed by atoms with Gasteiger partial charge in [-0.25, -0.2) is 22.0 Å². The minimum atomic E-state index is -4.13. The Balaban J connectivity index is 2.18. The number of ether oxygens (including phenoxy) is 1. The number of carbonyl (C=O) groups excluding carboxylic acids is 1. The average molecular weight is 467 g/mol. The first-order valence-electron chi connectivity index (χ1n) is 9.78. The van der Waals surface area contributed by atoms with Gasteiger partial charge in [0, 0.05) is 11.6 Å². The van der Waals surface area contributed by atoms with Crippen LogP contribution in [0.4, 0.5) is 13.6 Å². The summed E-state index contributed by atoms with van der Waals surface area (Å²) >= 11 is 0. The molecule has 32 heavy (non-hydrogen) atoms. The Morgan fingerprint density at radius 1 is 1.22 bits per heavy atom. The van der Waals surface area contributed by atoms with Crippen molar-refractivity contribution in [3.8, 4) is 5.75 Å². The lowest BCUT2D eigenvalue weighted by molar-refractivity contribution is 0.0561. The Labute approximate surface area is 185 Å². The fourth-order valence-corrected chi connectivity index (χ4v) is 5.33. The summed E-state index contributed by atoms with van der Waals surface area (Å²) in [7, 11) is -4.13. The van der Waals surface area contributed by atoms with Crippen molar-refractivity contribution in [1.82, 2.24) is 5.32 Å². The van der Waals surface area contributed by atoms with E-state index in [4.69, 9.17) is 4.74 Å². The lowest BCUT2D eigenvalue weighted by Gasteiger charge is -2.37. The summed E-state index contributed by atoms with van der Waals surface area (Å²) in [5, 5.41) is 12.3. The summed E-state index contributed by atoms with van der Waals surface area (Å²) in [4.78, 5) is 16.8. The lowest BCUT2D eigenvalue weighted by Crippen LogP contribution is -2.54. The van der Waals surface area contributed by atoms with Gasteiger partial charge in [-0.1, -0.05) is 18.2 Å². The topological polar surface area (TPSA) is 105 Å². The van der Waals surface area contributed by atoms with Crippen LogP contribution in [0.5, 0.6) is 5.75 Å². The number of nitrogens with zero attached hydrogens (tertiary/aromatic N) is 1. The van der Waals surface area contributed by atoms with Crippen LogP contribution in [-0.4, -0.2) is 36.8 Å². The van der Waals surface area contributed by atoms with E-state index in [0.29, 0.717) is 6.07 Å². The molecule has 0 spiro atoms. The number of benzene rings is 2. The van der Waals surface area contributed by atoms with Gasteiger partial charge in [-0.15, -0.1) is 0 Å². The van der Waals surface area contributed by atoms with Crippen LogP contribution in [-0.2, 0) is 19.3 Å². The van der Waals surface area contributed by atoms with Gasteiger partial charge in [-0.3, -0.25) is 10.3 Å². The predicted octanol–water partition coefficient (Wildman–Crippen LogP) is 3.98. The summed E-state index contributed by atoms with van der Waals surface area (Å²) in [6, 6.07) is 7.10. The molecule has 0 bridgehead atoms. The van der Waals surface area contributed by atoms with E-state index in [2.05, 4.69) is 10.3 Å². The molecular weight excluding hydrogens is 442 g/mol. The Bertz CT molecular complexity index is 1190. The molecule has 1 amide bonds. The third kappa shape index (κ3) is 4.59. The molecule has 172 valence electrons. The smallest absolute Gasteiger partial charge is 0.413 e. The molecule has 3 rings (SSSR count). The highest BCUT2D eigenvalue weighted by molar-refractivity contribution is 7.93. The zero-order valence-corrected chi connectivity index (χ0v) is 18.8. The maximum Gasteiger partial charge on any atom is 0.413 e. The summed E-state index contributed by atoms with van der Waals surface area (Å²) in [5.74, 6) is -2.84. The molecule has 0 saturated heterocycles. The number of nitrogens with one attached hydrogen (secondary N) is 1. The molecule has 7 nitrogen and oxygen atoms in total. The molecule has 0 aliphatic carbocycles. The summed E-state index contributed by atoms with van der Waals surface area (Å²) < 4.78 is 58.2. The molecule has 1 aliphatic rings. The van der Waals surface area contributed by atoms with Gasteiger partial charge in [0.1, 0.15) is 28.8 Å². The van der Waals surface area contributed by atoms with Gasteiger partial charge in [0.2, 0.25) is 0 Å². The van der Waals surface area contributed by atoms with Crippen molar-refractivity contribution in [1.29, 1.82) is 0 Å². The number of carbonyl (C=O) groups is 1. The van der Waals surface area contributed by atoms with Crippen molar-refractivity contribution in [2.24, 2.45) is 4.99 Å². The summed E-state index contributed by atoms with van der Waals surface area (Å²) in [6.45, 7) is 6.25. The summed E-state index contributed by atoms with van der Waals surface area (Å²) in [5.41, 5.74) is -0.844. The number of hydrogen-bond acceptors (Lipinski definition) is 6. The monoisotopic (exact) mass is 466 g/mol. The van der Waals surface area contributed by atoms with Crippen LogP contribution in [0, 0.1) is 11.6 Å².